The van der Waals surface area contributed by atoms with E-state index in [1.54, 1.807) is 4.90 Å². The lowest BCUT2D eigenvalue weighted by Crippen LogP contribution is -2.54. The number of likely N-dealkylation sites (N-methyl/N-ethyl adjacent to an activating group) is 1. The first-order valence-electron chi connectivity index (χ1n) is 6.95. The van der Waals surface area contributed by atoms with Gasteiger partial charge >= 0.3 is 11.0 Å². The third-order valence-corrected chi connectivity index (χ3v) is 6.76. The van der Waals surface area contributed by atoms with Gasteiger partial charge in [0.1, 0.15) is 4.21 Å². The van der Waals surface area contributed by atoms with E-state index in [4.69, 9.17) is 5.11 Å². The first kappa shape index (κ1) is 17.8. The normalized spacial score (nSPS) is 21.1. The van der Waals surface area contributed by atoms with Crippen molar-refractivity contribution >= 4 is 32.3 Å². The molecule has 1 saturated carbocycles. The Morgan fingerprint density at radius 3 is 2.65 bits per heavy atom. The van der Waals surface area contributed by atoms with Crippen LogP contribution in [-0.2, 0) is 14.8 Å². The summed E-state index contributed by atoms with van der Waals surface area (Å²) in [5.41, 5.74) is 0. The Morgan fingerprint density at radius 2 is 2.17 bits per heavy atom. The van der Waals surface area contributed by atoms with Crippen LogP contribution in [0.2, 0.25) is 0 Å². The standard InChI is InChI=1S/C12H17N3O6S2/c1-2-14(7-11(16)17)9-5-8(6-9)13-23(20,21)12-4-3-10(22-12)15(18)19/h3-4,8-9,13H,2,5-7H2,1H3,(H,16,17). The average Bonchev–Trinajstić information content (AvgIpc) is 2.90. The van der Waals surface area contributed by atoms with Crippen molar-refractivity contribution in [1.82, 2.24) is 9.62 Å². The molecule has 0 bridgehead atoms. The lowest BCUT2D eigenvalue weighted by molar-refractivity contribution is -0.380. The monoisotopic (exact) mass is 363 g/mol. The summed E-state index contributed by atoms with van der Waals surface area (Å²) in [6.45, 7) is 2.36. The van der Waals surface area contributed by atoms with Crippen molar-refractivity contribution in [3.8, 4) is 0 Å². The van der Waals surface area contributed by atoms with Crippen molar-refractivity contribution in [2.24, 2.45) is 0 Å². The molecule has 11 heteroatoms. The zero-order chi connectivity index (χ0) is 17.2. The van der Waals surface area contributed by atoms with Crippen LogP contribution in [0.1, 0.15) is 19.8 Å². The molecule has 0 radical (unpaired) electrons. The second-order valence-corrected chi connectivity index (χ2v) is 8.25. The summed E-state index contributed by atoms with van der Waals surface area (Å²) in [7, 11) is -3.78. The van der Waals surface area contributed by atoms with Crippen LogP contribution in [0.5, 0.6) is 0 Å². The molecule has 0 amide bonds. The van der Waals surface area contributed by atoms with E-state index in [2.05, 4.69) is 4.72 Å². The highest BCUT2D eigenvalue weighted by atomic mass is 32.2. The van der Waals surface area contributed by atoms with Gasteiger partial charge in [0, 0.05) is 18.2 Å². The smallest absolute Gasteiger partial charge is 0.325 e. The number of aliphatic carboxylic acids is 1. The summed E-state index contributed by atoms with van der Waals surface area (Å²) < 4.78 is 26.7. The van der Waals surface area contributed by atoms with Crippen molar-refractivity contribution in [3.05, 3.63) is 22.2 Å². The number of carbonyl (C=O) groups is 1. The van der Waals surface area contributed by atoms with Gasteiger partial charge in [0.2, 0.25) is 0 Å². The Morgan fingerprint density at radius 1 is 1.52 bits per heavy atom. The van der Waals surface area contributed by atoms with E-state index < -0.39 is 20.9 Å². The molecule has 1 aromatic rings. The highest BCUT2D eigenvalue weighted by molar-refractivity contribution is 7.91. The van der Waals surface area contributed by atoms with Crippen LogP contribution in [0.4, 0.5) is 5.00 Å². The summed E-state index contributed by atoms with van der Waals surface area (Å²) in [6, 6.07) is 2.12. The van der Waals surface area contributed by atoms with E-state index in [-0.39, 0.29) is 27.8 Å². The van der Waals surface area contributed by atoms with Crippen LogP contribution >= 0.6 is 11.3 Å². The molecule has 1 aliphatic carbocycles. The fourth-order valence-electron chi connectivity index (χ4n) is 2.49. The van der Waals surface area contributed by atoms with Crippen molar-refractivity contribution in [1.29, 1.82) is 0 Å². The molecule has 0 spiro atoms. The maximum Gasteiger partial charge on any atom is 0.325 e. The van der Waals surface area contributed by atoms with Gasteiger partial charge < -0.3 is 5.11 Å². The summed E-state index contributed by atoms with van der Waals surface area (Å²) in [4.78, 5) is 22.5. The fraction of sp³-hybridized carbons (Fsp3) is 0.583. The first-order chi connectivity index (χ1) is 10.7. The minimum atomic E-state index is -3.78. The minimum absolute atomic E-state index is 0.0291. The lowest BCUT2D eigenvalue weighted by Gasteiger charge is -2.41. The number of carboxylic acid groups (broad SMARTS) is 1. The molecule has 9 nitrogen and oxygen atoms in total. The zero-order valence-electron chi connectivity index (χ0n) is 12.3. The fourth-order valence-corrected chi connectivity index (χ4v) is 4.87. The maximum atomic E-state index is 12.2. The van der Waals surface area contributed by atoms with E-state index in [1.807, 2.05) is 6.92 Å². The number of hydrogen-bond acceptors (Lipinski definition) is 7. The Kier molecular flexibility index (Phi) is 5.34. The van der Waals surface area contributed by atoms with Gasteiger partial charge in [-0.2, -0.15) is 0 Å². The van der Waals surface area contributed by atoms with E-state index in [1.165, 1.54) is 6.07 Å². The number of rotatable bonds is 8. The van der Waals surface area contributed by atoms with Gasteiger partial charge in [-0.15, -0.1) is 0 Å². The summed E-state index contributed by atoms with van der Waals surface area (Å²) in [5, 5.41) is 19.2. The van der Waals surface area contributed by atoms with Crippen LogP contribution in [-0.4, -0.2) is 54.5 Å². The second-order valence-electron chi connectivity index (χ2n) is 5.25. The van der Waals surface area contributed by atoms with Gasteiger partial charge in [0.25, 0.3) is 10.0 Å². The predicted octanol–water partition coefficient (Wildman–Crippen LogP) is 0.872. The Hall–Kier alpha value is -1.56. The molecule has 1 heterocycles. The number of thiophene rings is 1. The van der Waals surface area contributed by atoms with Crippen LogP contribution in [0, 0.1) is 10.1 Å². The van der Waals surface area contributed by atoms with E-state index in [0.29, 0.717) is 30.7 Å². The van der Waals surface area contributed by atoms with Gasteiger partial charge in [-0.3, -0.25) is 19.8 Å². The van der Waals surface area contributed by atoms with Crippen molar-refractivity contribution in [3.63, 3.8) is 0 Å². The molecule has 0 unspecified atom stereocenters. The van der Waals surface area contributed by atoms with E-state index in [0.717, 1.165) is 6.07 Å². The summed E-state index contributed by atoms with van der Waals surface area (Å²) in [6.07, 6.45) is 1.04. The second kappa shape index (κ2) is 6.91. The predicted molar refractivity (Wildman–Crippen MR) is 83.0 cm³/mol. The van der Waals surface area contributed by atoms with Gasteiger partial charge in [-0.05, 0) is 36.8 Å². The number of nitrogens with one attached hydrogen (secondary N) is 1. The molecule has 0 aliphatic heterocycles. The lowest BCUT2D eigenvalue weighted by atomic mass is 9.86. The van der Waals surface area contributed by atoms with Crippen LogP contribution in [0.3, 0.4) is 0 Å². The molecule has 1 aromatic heterocycles. The van der Waals surface area contributed by atoms with Crippen LogP contribution in [0.25, 0.3) is 0 Å². The largest absolute Gasteiger partial charge is 0.480 e. The Balaban J connectivity index is 1.93. The van der Waals surface area contributed by atoms with Crippen molar-refractivity contribution < 1.29 is 23.2 Å². The highest BCUT2D eigenvalue weighted by Gasteiger charge is 2.36. The van der Waals surface area contributed by atoms with E-state index >= 15 is 0 Å². The summed E-state index contributed by atoms with van der Waals surface area (Å²) in [5.74, 6) is -0.915. The molecule has 0 atom stereocenters. The molecule has 23 heavy (non-hydrogen) atoms. The maximum absolute atomic E-state index is 12.2. The molecule has 0 aromatic carbocycles. The molecule has 2 N–H and O–H groups in total. The number of nitrogens with zero attached hydrogens (tertiary/aromatic N) is 2. The summed E-state index contributed by atoms with van der Waals surface area (Å²) >= 11 is 0.607. The molecule has 1 fully saturated rings. The number of nitro groups is 1. The van der Waals surface area contributed by atoms with Gasteiger partial charge in [-0.1, -0.05) is 6.92 Å². The molecular weight excluding hydrogens is 346 g/mol. The topological polar surface area (TPSA) is 130 Å². The Bertz CT molecular complexity index is 695. The van der Waals surface area contributed by atoms with Crippen molar-refractivity contribution in [2.45, 2.75) is 36.1 Å². The quantitative estimate of drug-likeness (QED) is 0.518. The third-order valence-electron chi connectivity index (χ3n) is 3.71. The Labute approximate surface area is 137 Å². The molecule has 2 rings (SSSR count). The minimum Gasteiger partial charge on any atom is -0.480 e. The number of hydrogen-bond donors (Lipinski definition) is 2. The average molecular weight is 363 g/mol. The molecule has 128 valence electrons. The SMILES string of the molecule is CCN(CC(=O)O)C1CC(NS(=O)(=O)c2ccc([N+](=O)[O-])s2)C1. The highest BCUT2D eigenvalue weighted by Crippen LogP contribution is 2.30. The third kappa shape index (κ3) is 4.25. The number of sulfonamides is 1. The zero-order valence-corrected chi connectivity index (χ0v) is 14.0. The molecular formula is C12H17N3O6S2. The van der Waals surface area contributed by atoms with Gasteiger partial charge in [-0.25, -0.2) is 13.1 Å². The van der Waals surface area contributed by atoms with Gasteiger partial charge in [0.05, 0.1) is 11.5 Å². The van der Waals surface area contributed by atoms with E-state index in [9.17, 15) is 23.3 Å². The van der Waals surface area contributed by atoms with Crippen LogP contribution < -0.4 is 4.72 Å². The van der Waals surface area contributed by atoms with Gasteiger partial charge in [0.15, 0.2) is 0 Å². The first-order valence-corrected chi connectivity index (χ1v) is 9.25. The molecule has 0 saturated heterocycles. The number of carboxylic acids is 1. The molecule has 1 aliphatic rings. The van der Waals surface area contributed by atoms with Crippen molar-refractivity contribution in [2.75, 3.05) is 13.1 Å². The van der Waals surface area contributed by atoms with Crippen LogP contribution in [0.15, 0.2) is 16.3 Å².